The van der Waals surface area contributed by atoms with E-state index in [0.717, 1.165) is 16.9 Å². The molecule has 21 heavy (non-hydrogen) atoms. The van der Waals surface area contributed by atoms with Gasteiger partial charge in [0.1, 0.15) is 11.1 Å². The van der Waals surface area contributed by atoms with Crippen molar-refractivity contribution in [3.63, 3.8) is 0 Å². The molecular weight excluding hydrogens is 292 g/mol. The van der Waals surface area contributed by atoms with Gasteiger partial charge in [-0.1, -0.05) is 30.3 Å². The number of thiophene rings is 1. The Labute approximate surface area is 123 Å². The fourth-order valence-electron chi connectivity index (χ4n) is 2.01. The van der Waals surface area contributed by atoms with Gasteiger partial charge in [-0.05, 0) is 6.07 Å². The molecule has 0 unspecified atom stereocenters. The summed E-state index contributed by atoms with van der Waals surface area (Å²) in [5.74, 6) is -0.699. The van der Waals surface area contributed by atoms with E-state index in [9.17, 15) is 14.7 Å². The first-order chi connectivity index (χ1) is 10.1. The molecule has 0 radical (unpaired) electrons. The normalized spacial score (nSPS) is 10.7. The molecule has 3 aromatic rings. The van der Waals surface area contributed by atoms with Crippen LogP contribution in [0.3, 0.4) is 0 Å². The molecule has 1 aromatic carbocycles. The Balaban J connectivity index is 2.26. The molecule has 0 saturated heterocycles. The van der Waals surface area contributed by atoms with Gasteiger partial charge in [-0.3, -0.25) is 0 Å². The van der Waals surface area contributed by atoms with Crippen molar-refractivity contribution in [2.45, 2.75) is 0 Å². The van der Waals surface area contributed by atoms with Crippen molar-refractivity contribution >= 4 is 27.4 Å². The Morgan fingerprint density at radius 2 is 2.00 bits per heavy atom. The first-order valence-corrected chi connectivity index (χ1v) is 6.87. The van der Waals surface area contributed by atoms with Crippen molar-refractivity contribution in [1.82, 2.24) is 0 Å². The maximum absolute atomic E-state index is 12.0. The predicted octanol–water partition coefficient (Wildman–Crippen LogP) is 3.01. The average molecular weight is 302 g/mol. The first-order valence-electron chi connectivity index (χ1n) is 6.05. The number of methoxy groups -OCH3 is 1. The van der Waals surface area contributed by atoms with Crippen molar-refractivity contribution in [3.8, 4) is 17.1 Å². The van der Waals surface area contributed by atoms with Crippen molar-refractivity contribution in [2.24, 2.45) is 0 Å². The lowest BCUT2D eigenvalue weighted by Crippen LogP contribution is -2.00. The molecule has 2 heterocycles. The summed E-state index contributed by atoms with van der Waals surface area (Å²) in [5.41, 5.74) is 0.0549. The highest BCUT2D eigenvalue weighted by Gasteiger charge is 2.22. The zero-order valence-electron chi connectivity index (χ0n) is 11.0. The van der Waals surface area contributed by atoms with Crippen LogP contribution in [0.15, 0.2) is 45.6 Å². The summed E-state index contributed by atoms with van der Waals surface area (Å²) in [6.07, 6.45) is 0. The van der Waals surface area contributed by atoms with Crippen LogP contribution in [0.1, 0.15) is 9.67 Å². The molecular formula is C15H10O5S. The molecule has 0 amide bonds. The van der Waals surface area contributed by atoms with Crippen LogP contribution in [0.5, 0.6) is 5.75 Å². The standard InChI is InChI=1S/C15H10O5S/c1-19-15(18)13-12(16)11-10(21-13)7-9(20-14(11)17)8-5-3-2-4-6-8/h2-7,16H,1H3. The Morgan fingerprint density at radius 3 is 2.67 bits per heavy atom. The number of hydrogen-bond donors (Lipinski definition) is 1. The van der Waals surface area contributed by atoms with Gasteiger partial charge >= 0.3 is 11.6 Å². The minimum atomic E-state index is -0.686. The minimum absolute atomic E-state index is 0.0000751. The van der Waals surface area contributed by atoms with Crippen LogP contribution in [0, 0.1) is 0 Å². The third kappa shape index (κ3) is 2.19. The maximum atomic E-state index is 12.0. The summed E-state index contributed by atoms with van der Waals surface area (Å²) >= 11 is 0.995. The number of hydrogen-bond acceptors (Lipinski definition) is 6. The van der Waals surface area contributed by atoms with E-state index < -0.39 is 17.3 Å². The molecule has 1 N–H and O–H groups in total. The number of carbonyl (C=O) groups is 1. The van der Waals surface area contributed by atoms with Gasteiger partial charge < -0.3 is 14.3 Å². The zero-order valence-corrected chi connectivity index (χ0v) is 11.8. The van der Waals surface area contributed by atoms with Gasteiger partial charge in [0.15, 0.2) is 10.6 Å². The second-order valence-corrected chi connectivity index (χ2v) is 5.33. The highest BCUT2D eigenvalue weighted by Crippen LogP contribution is 2.37. The Bertz CT molecular complexity index is 876. The Morgan fingerprint density at radius 1 is 1.29 bits per heavy atom. The van der Waals surface area contributed by atoms with Crippen LogP contribution < -0.4 is 5.63 Å². The number of rotatable bonds is 2. The Kier molecular flexibility index (Phi) is 3.23. The average Bonchev–Trinajstić information content (AvgIpc) is 2.85. The number of aromatic hydroxyl groups is 1. The smallest absolute Gasteiger partial charge is 0.351 e. The van der Waals surface area contributed by atoms with E-state index in [1.54, 1.807) is 18.2 Å². The summed E-state index contributed by atoms with van der Waals surface area (Å²) in [4.78, 5) is 23.6. The lowest BCUT2D eigenvalue weighted by molar-refractivity contribution is 0.0603. The lowest BCUT2D eigenvalue weighted by Gasteiger charge is -1.99. The van der Waals surface area contributed by atoms with E-state index >= 15 is 0 Å². The molecule has 0 aliphatic heterocycles. The summed E-state index contributed by atoms with van der Waals surface area (Å²) in [5, 5.41) is 9.98. The lowest BCUT2D eigenvalue weighted by atomic mass is 10.1. The van der Waals surface area contributed by atoms with Crippen LogP contribution in [-0.2, 0) is 4.74 Å². The molecule has 106 valence electrons. The highest BCUT2D eigenvalue weighted by molar-refractivity contribution is 7.21. The zero-order chi connectivity index (χ0) is 15.0. The van der Waals surface area contributed by atoms with Crippen molar-refractivity contribution in [3.05, 3.63) is 51.7 Å². The van der Waals surface area contributed by atoms with E-state index in [2.05, 4.69) is 4.74 Å². The van der Waals surface area contributed by atoms with Gasteiger partial charge in [0.25, 0.3) is 0 Å². The predicted molar refractivity (Wildman–Crippen MR) is 78.8 cm³/mol. The van der Waals surface area contributed by atoms with Crippen LogP contribution in [-0.4, -0.2) is 18.2 Å². The fourth-order valence-corrected chi connectivity index (χ4v) is 3.05. The molecule has 3 rings (SSSR count). The maximum Gasteiger partial charge on any atom is 0.351 e. The number of esters is 1. The molecule has 0 fully saturated rings. The molecule has 2 aromatic heterocycles. The second kappa shape index (κ2) is 5.06. The molecule has 0 bridgehead atoms. The summed E-state index contributed by atoms with van der Waals surface area (Å²) in [6, 6.07) is 10.7. The van der Waals surface area contributed by atoms with Crippen LogP contribution in [0.2, 0.25) is 0 Å². The number of benzene rings is 1. The van der Waals surface area contributed by atoms with Crippen LogP contribution >= 0.6 is 11.3 Å². The molecule has 0 spiro atoms. The summed E-state index contributed by atoms with van der Waals surface area (Å²) < 4.78 is 10.3. The third-order valence-corrected chi connectivity index (χ3v) is 4.11. The SMILES string of the molecule is COC(=O)c1sc2cc(-c3ccccc3)oc(=O)c2c1O. The summed E-state index contributed by atoms with van der Waals surface area (Å²) in [6.45, 7) is 0. The van der Waals surface area contributed by atoms with Crippen LogP contribution in [0.4, 0.5) is 0 Å². The fraction of sp³-hybridized carbons (Fsp3) is 0.0667. The minimum Gasteiger partial charge on any atom is -0.505 e. The van der Waals surface area contributed by atoms with E-state index in [1.165, 1.54) is 7.11 Å². The largest absolute Gasteiger partial charge is 0.505 e. The van der Waals surface area contributed by atoms with Gasteiger partial charge in [-0.25, -0.2) is 9.59 Å². The number of carbonyl (C=O) groups excluding carboxylic acids is 1. The Hall–Kier alpha value is -2.60. The molecule has 5 nitrogen and oxygen atoms in total. The van der Waals surface area contributed by atoms with E-state index in [0.29, 0.717) is 10.5 Å². The van der Waals surface area contributed by atoms with Crippen molar-refractivity contribution in [1.29, 1.82) is 0 Å². The highest BCUT2D eigenvalue weighted by atomic mass is 32.1. The van der Waals surface area contributed by atoms with E-state index in [-0.39, 0.29) is 10.3 Å². The second-order valence-electron chi connectivity index (χ2n) is 4.27. The number of ether oxygens (including phenoxy) is 1. The molecule has 0 aliphatic rings. The monoisotopic (exact) mass is 302 g/mol. The number of fused-ring (bicyclic) bond motifs is 1. The van der Waals surface area contributed by atoms with E-state index in [1.807, 2.05) is 18.2 Å². The quantitative estimate of drug-likeness (QED) is 0.736. The van der Waals surface area contributed by atoms with Gasteiger partial charge in [0.2, 0.25) is 0 Å². The third-order valence-electron chi connectivity index (χ3n) is 3.01. The topological polar surface area (TPSA) is 76.7 Å². The van der Waals surface area contributed by atoms with Gasteiger partial charge in [-0.15, -0.1) is 11.3 Å². The first kappa shape index (κ1) is 13.4. The van der Waals surface area contributed by atoms with Crippen molar-refractivity contribution in [2.75, 3.05) is 7.11 Å². The summed E-state index contributed by atoms with van der Waals surface area (Å²) in [7, 11) is 1.21. The molecule has 6 heteroatoms. The van der Waals surface area contributed by atoms with Crippen molar-refractivity contribution < 1.29 is 19.1 Å². The van der Waals surface area contributed by atoms with E-state index in [4.69, 9.17) is 4.42 Å². The molecule has 0 aliphatic carbocycles. The van der Waals surface area contributed by atoms with Crippen LogP contribution in [0.25, 0.3) is 21.4 Å². The molecule has 0 saturated carbocycles. The van der Waals surface area contributed by atoms with Gasteiger partial charge in [0, 0.05) is 5.56 Å². The molecule has 0 atom stereocenters. The van der Waals surface area contributed by atoms with Gasteiger partial charge in [-0.2, -0.15) is 0 Å². The van der Waals surface area contributed by atoms with Gasteiger partial charge in [0.05, 0.1) is 11.8 Å².